The molecule has 1 unspecified atom stereocenters. The first-order valence-electron chi connectivity index (χ1n) is 6.08. The summed E-state index contributed by atoms with van der Waals surface area (Å²) in [6.45, 7) is 4.65. The Morgan fingerprint density at radius 2 is 2.30 bits per heavy atom. The van der Waals surface area contributed by atoms with E-state index < -0.39 is 5.97 Å². The number of carbonyl (C=O) groups is 1. The predicted molar refractivity (Wildman–Crippen MR) is 80.6 cm³/mol. The van der Waals surface area contributed by atoms with Gasteiger partial charge in [-0.05, 0) is 26.0 Å². The van der Waals surface area contributed by atoms with Crippen LogP contribution >= 0.6 is 34.3 Å². The molecule has 7 heteroatoms. The number of thiophene rings is 1. The molecule has 0 saturated carbocycles. The van der Waals surface area contributed by atoms with E-state index in [0.717, 1.165) is 9.88 Å². The molecule has 0 aliphatic carbocycles. The summed E-state index contributed by atoms with van der Waals surface area (Å²) >= 11 is 8.60. The Hall–Kier alpha value is -0.950. The van der Waals surface area contributed by atoms with Crippen LogP contribution < -0.4 is 0 Å². The van der Waals surface area contributed by atoms with E-state index in [1.54, 1.807) is 11.4 Å². The lowest BCUT2D eigenvalue weighted by molar-refractivity contribution is 0.0468. The average Bonchev–Trinajstić information content (AvgIpc) is 3.05. The van der Waals surface area contributed by atoms with Crippen molar-refractivity contribution in [2.24, 2.45) is 0 Å². The lowest BCUT2D eigenvalue weighted by Gasteiger charge is -2.06. The van der Waals surface area contributed by atoms with Crippen LogP contribution in [0.25, 0.3) is 0 Å². The molecule has 0 saturated heterocycles. The zero-order valence-corrected chi connectivity index (χ0v) is 13.5. The molecular formula is C13H14ClNO3S2. The standard InChI is InChI=1S/C13H14ClNO3S2/c1-3-17-8(2)12-15-10(7-19-12)13(16)18-6-9-4-5-11(14)20-9/h4-5,7-8H,3,6H2,1-2H3. The van der Waals surface area contributed by atoms with Crippen LogP contribution in [0.15, 0.2) is 17.5 Å². The minimum absolute atomic E-state index is 0.109. The molecule has 0 aliphatic rings. The highest BCUT2D eigenvalue weighted by Gasteiger charge is 2.16. The van der Waals surface area contributed by atoms with E-state index in [9.17, 15) is 4.79 Å². The van der Waals surface area contributed by atoms with Gasteiger partial charge >= 0.3 is 5.97 Å². The predicted octanol–water partition coefficient (Wildman–Crippen LogP) is 4.31. The number of hydrogen-bond acceptors (Lipinski definition) is 6. The average molecular weight is 332 g/mol. The lowest BCUT2D eigenvalue weighted by Crippen LogP contribution is -2.06. The zero-order chi connectivity index (χ0) is 14.5. The van der Waals surface area contributed by atoms with Crippen molar-refractivity contribution in [3.63, 3.8) is 0 Å². The second kappa shape index (κ2) is 7.17. The quantitative estimate of drug-likeness (QED) is 0.740. The highest BCUT2D eigenvalue weighted by Crippen LogP contribution is 2.24. The van der Waals surface area contributed by atoms with Gasteiger partial charge in [0.15, 0.2) is 5.69 Å². The summed E-state index contributed by atoms with van der Waals surface area (Å²) in [5.41, 5.74) is 0.319. The molecule has 108 valence electrons. The summed E-state index contributed by atoms with van der Waals surface area (Å²) in [5.74, 6) is -0.430. The molecule has 0 bridgehead atoms. The molecular weight excluding hydrogens is 318 g/mol. The third-order valence-electron chi connectivity index (χ3n) is 2.47. The number of aromatic nitrogens is 1. The van der Waals surface area contributed by atoms with Crippen LogP contribution in [0.5, 0.6) is 0 Å². The molecule has 2 heterocycles. The normalized spacial score (nSPS) is 12.3. The molecule has 4 nitrogen and oxygen atoms in total. The molecule has 0 aliphatic heterocycles. The van der Waals surface area contributed by atoms with Crippen LogP contribution in [0.1, 0.15) is 40.3 Å². The summed E-state index contributed by atoms with van der Waals surface area (Å²) in [6, 6.07) is 3.62. The van der Waals surface area contributed by atoms with E-state index in [-0.39, 0.29) is 12.7 Å². The van der Waals surface area contributed by atoms with Crippen molar-refractivity contribution in [1.29, 1.82) is 0 Å². The van der Waals surface area contributed by atoms with Gasteiger partial charge < -0.3 is 9.47 Å². The minimum Gasteiger partial charge on any atom is -0.455 e. The third-order valence-corrected chi connectivity index (χ3v) is 4.68. The molecule has 2 rings (SSSR count). The Kier molecular flexibility index (Phi) is 5.54. The molecule has 2 aromatic heterocycles. The van der Waals surface area contributed by atoms with Gasteiger partial charge in [-0.2, -0.15) is 0 Å². The number of ether oxygens (including phenoxy) is 2. The van der Waals surface area contributed by atoms with Crippen LogP contribution in [0.2, 0.25) is 4.34 Å². The number of halogens is 1. The number of rotatable bonds is 6. The molecule has 0 aromatic carbocycles. The topological polar surface area (TPSA) is 48.4 Å². The van der Waals surface area contributed by atoms with Crippen LogP contribution in [-0.2, 0) is 16.1 Å². The van der Waals surface area contributed by atoms with Crippen molar-refractivity contribution in [2.75, 3.05) is 6.61 Å². The second-order valence-corrected chi connectivity index (χ2v) is 6.64. The van der Waals surface area contributed by atoms with Gasteiger partial charge in [0.05, 0.1) is 4.34 Å². The van der Waals surface area contributed by atoms with Gasteiger partial charge in [0.1, 0.15) is 17.7 Å². The largest absolute Gasteiger partial charge is 0.455 e. The van der Waals surface area contributed by atoms with Gasteiger partial charge in [-0.25, -0.2) is 9.78 Å². The molecule has 1 atom stereocenters. The highest BCUT2D eigenvalue weighted by atomic mass is 35.5. The van der Waals surface area contributed by atoms with E-state index in [1.165, 1.54) is 22.7 Å². The van der Waals surface area contributed by atoms with Crippen LogP contribution in [0.3, 0.4) is 0 Å². The maximum atomic E-state index is 11.9. The highest BCUT2D eigenvalue weighted by molar-refractivity contribution is 7.16. The van der Waals surface area contributed by atoms with Gasteiger partial charge in [0.2, 0.25) is 0 Å². The van der Waals surface area contributed by atoms with E-state index in [1.807, 2.05) is 19.9 Å². The van der Waals surface area contributed by atoms with E-state index in [0.29, 0.717) is 16.6 Å². The monoisotopic (exact) mass is 331 g/mol. The van der Waals surface area contributed by atoms with Crippen molar-refractivity contribution in [3.8, 4) is 0 Å². The van der Waals surface area contributed by atoms with E-state index >= 15 is 0 Å². The summed E-state index contributed by atoms with van der Waals surface area (Å²) in [4.78, 5) is 17.0. The van der Waals surface area contributed by atoms with Crippen LogP contribution in [-0.4, -0.2) is 17.6 Å². The molecule has 0 radical (unpaired) electrons. The SMILES string of the molecule is CCOC(C)c1nc(C(=O)OCc2ccc(Cl)s2)cs1. The van der Waals surface area contributed by atoms with Crippen molar-refractivity contribution >= 4 is 40.2 Å². The molecule has 0 fully saturated rings. The van der Waals surface area contributed by atoms with Crippen molar-refractivity contribution in [3.05, 3.63) is 37.4 Å². The molecule has 20 heavy (non-hydrogen) atoms. The first-order chi connectivity index (χ1) is 9.60. The molecule has 0 amide bonds. The first kappa shape index (κ1) is 15.4. The van der Waals surface area contributed by atoms with Gasteiger partial charge in [0.25, 0.3) is 0 Å². The smallest absolute Gasteiger partial charge is 0.358 e. The molecule has 0 spiro atoms. The number of hydrogen-bond donors (Lipinski definition) is 0. The Labute approximate surface area is 130 Å². The Balaban J connectivity index is 1.92. The van der Waals surface area contributed by atoms with Gasteiger partial charge in [-0.1, -0.05) is 11.6 Å². The summed E-state index contributed by atoms with van der Waals surface area (Å²) in [7, 11) is 0. The Morgan fingerprint density at radius 3 is 2.95 bits per heavy atom. The van der Waals surface area contributed by atoms with E-state index in [4.69, 9.17) is 21.1 Å². The fourth-order valence-electron chi connectivity index (χ4n) is 1.53. The fourth-order valence-corrected chi connectivity index (χ4v) is 3.32. The Bertz CT molecular complexity index is 582. The van der Waals surface area contributed by atoms with Crippen molar-refractivity contribution in [1.82, 2.24) is 4.98 Å². The zero-order valence-electron chi connectivity index (χ0n) is 11.1. The first-order valence-corrected chi connectivity index (χ1v) is 8.16. The van der Waals surface area contributed by atoms with Crippen LogP contribution in [0.4, 0.5) is 0 Å². The maximum Gasteiger partial charge on any atom is 0.358 e. The molecule has 0 N–H and O–H groups in total. The maximum absolute atomic E-state index is 11.9. The fraction of sp³-hybridized carbons (Fsp3) is 0.385. The lowest BCUT2D eigenvalue weighted by atomic mass is 10.4. The summed E-state index contributed by atoms with van der Waals surface area (Å²) in [5, 5.41) is 2.46. The minimum atomic E-state index is -0.430. The molecule has 2 aromatic rings. The second-order valence-electron chi connectivity index (χ2n) is 3.95. The van der Waals surface area contributed by atoms with Gasteiger partial charge in [0, 0.05) is 16.9 Å². The number of carbonyl (C=O) groups excluding carboxylic acids is 1. The van der Waals surface area contributed by atoms with Crippen molar-refractivity contribution in [2.45, 2.75) is 26.6 Å². The van der Waals surface area contributed by atoms with Gasteiger partial charge in [-0.3, -0.25) is 0 Å². The number of thiazole rings is 1. The third kappa shape index (κ3) is 4.02. The summed E-state index contributed by atoms with van der Waals surface area (Å²) < 4.78 is 11.3. The van der Waals surface area contributed by atoms with Gasteiger partial charge in [-0.15, -0.1) is 22.7 Å². The number of esters is 1. The van der Waals surface area contributed by atoms with Crippen molar-refractivity contribution < 1.29 is 14.3 Å². The van der Waals surface area contributed by atoms with E-state index in [2.05, 4.69) is 4.98 Å². The Morgan fingerprint density at radius 1 is 1.50 bits per heavy atom. The number of nitrogens with zero attached hydrogens (tertiary/aromatic N) is 1. The summed E-state index contributed by atoms with van der Waals surface area (Å²) in [6.07, 6.45) is -0.109. The van der Waals surface area contributed by atoms with Crippen LogP contribution in [0, 0.1) is 0 Å².